The second-order valence-corrected chi connectivity index (χ2v) is 4.08. The summed E-state index contributed by atoms with van der Waals surface area (Å²) in [5.41, 5.74) is 10.0. The summed E-state index contributed by atoms with van der Waals surface area (Å²) in [5.74, 6) is 1.68. The lowest BCUT2D eigenvalue weighted by Crippen LogP contribution is -1.98. The van der Waals surface area contributed by atoms with E-state index in [0.717, 1.165) is 34.0 Å². The molecule has 1 aromatic carbocycles. The maximum Gasteiger partial charge on any atom is 0.120 e. The van der Waals surface area contributed by atoms with Crippen LogP contribution in [0, 0.1) is 13.8 Å². The summed E-state index contributed by atoms with van der Waals surface area (Å²) in [4.78, 5) is 7.45. The molecule has 90 valence electrons. The summed E-state index contributed by atoms with van der Waals surface area (Å²) in [6.45, 7) is 4.55. The molecule has 1 heterocycles. The van der Waals surface area contributed by atoms with E-state index < -0.39 is 0 Å². The molecule has 2 aromatic rings. The van der Waals surface area contributed by atoms with Gasteiger partial charge >= 0.3 is 0 Å². The van der Waals surface area contributed by atoms with Gasteiger partial charge in [-0.05, 0) is 37.1 Å². The molecule has 1 aromatic heterocycles. The van der Waals surface area contributed by atoms with Crippen LogP contribution < -0.4 is 10.5 Å². The molecule has 0 saturated carbocycles. The second-order valence-electron chi connectivity index (χ2n) is 4.08. The van der Waals surface area contributed by atoms with Crippen molar-refractivity contribution >= 4 is 0 Å². The van der Waals surface area contributed by atoms with Gasteiger partial charge in [0.2, 0.25) is 0 Å². The average Bonchev–Trinajstić information content (AvgIpc) is 2.76. The van der Waals surface area contributed by atoms with Crippen molar-refractivity contribution in [3.8, 4) is 17.0 Å². The van der Waals surface area contributed by atoms with Gasteiger partial charge in [0.25, 0.3) is 0 Å². The topological polar surface area (TPSA) is 63.9 Å². The summed E-state index contributed by atoms with van der Waals surface area (Å²) in [5, 5.41) is 0. The van der Waals surface area contributed by atoms with E-state index in [0.29, 0.717) is 6.54 Å². The minimum atomic E-state index is 0.425. The third-order valence-electron chi connectivity index (χ3n) is 2.83. The van der Waals surface area contributed by atoms with Crippen LogP contribution in [0.25, 0.3) is 11.3 Å². The van der Waals surface area contributed by atoms with E-state index in [-0.39, 0.29) is 0 Å². The van der Waals surface area contributed by atoms with E-state index >= 15 is 0 Å². The molecule has 0 spiro atoms. The van der Waals surface area contributed by atoms with Gasteiger partial charge in [0.05, 0.1) is 25.5 Å². The molecule has 0 aliphatic heterocycles. The number of hydrogen-bond donors (Lipinski definition) is 2. The maximum absolute atomic E-state index is 5.55. The Morgan fingerprint density at radius 3 is 2.41 bits per heavy atom. The maximum atomic E-state index is 5.55. The number of H-pyrrole nitrogens is 1. The monoisotopic (exact) mass is 231 g/mol. The highest BCUT2D eigenvalue weighted by molar-refractivity contribution is 5.68. The molecule has 0 bridgehead atoms. The van der Waals surface area contributed by atoms with Crippen LogP contribution in [0.15, 0.2) is 18.3 Å². The molecule has 4 nitrogen and oxygen atoms in total. The minimum Gasteiger partial charge on any atom is -0.497 e. The van der Waals surface area contributed by atoms with Crippen LogP contribution in [0.2, 0.25) is 0 Å². The normalized spacial score (nSPS) is 10.6. The van der Waals surface area contributed by atoms with Gasteiger partial charge in [-0.15, -0.1) is 0 Å². The van der Waals surface area contributed by atoms with Crippen molar-refractivity contribution in [2.45, 2.75) is 20.4 Å². The Bertz CT molecular complexity index is 508. The first-order valence-electron chi connectivity index (χ1n) is 5.55. The molecule has 4 heteroatoms. The van der Waals surface area contributed by atoms with E-state index in [2.05, 4.69) is 23.8 Å². The molecule has 3 N–H and O–H groups in total. The smallest absolute Gasteiger partial charge is 0.120 e. The number of nitrogens with two attached hydrogens (primary N) is 1. The van der Waals surface area contributed by atoms with Gasteiger partial charge in [0.1, 0.15) is 11.6 Å². The van der Waals surface area contributed by atoms with Crippen LogP contribution in [0.1, 0.15) is 17.0 Å². The Morgan fingerprint density at radius 1 is 1.29 bits per heavy atom. The lowest BCUT2D eigenvalue weighted by molar-refractivity contribution is 0.414. The first-order valence-corrected chi connectivity index (χ1v) is 5.55. The Balaban J connectivity index is 2.51. The second kappa shape index (κ2) is 4.59. The third-order valence-corrected chi connectivity index (χ3v) is 2.83. The van der Waals surface area contributed by atoms with Gasteiger partial charge in [0.15, 0.2) is 0 Å². The van der Waals surface area contributed by atoms with Crippen LogP contribution in [-0.2, 0) is 6.54 Å². The van der Waals surface area contributed by atoms with Crippen molar-refractivity contribution < 1.29 is 4.74 Å². The lowest BCUT2D eigenvalue weighted by atomic mass is 10.00. The lowest BCUT2D eigenvalue weighted by Gasteiger charge is -2.10. The molecule has 0 amide bonds. The summed E-state index contributed by atoms with van der Waals surface area (Å²) in [7, 11) is 1.68. The molecule has 0 atom stereocenters. The van der Waals surface area contributed by atoms with E-state index in [1.165, 1.54) is 0 Å². The van der Waals surface area contributed by atoms with Crippen molar-refractivity contribution in [1.29, 1.82) is 0 Å². The number of aromatic nitrogens is 2. The Kier molecular flexibility index (Phi) is 3.15. The zero-order valence-electron chi connectivity index (χ0n) is 10.4. The van der Waals surface area contributed by atoms with Gasteiger partial charge in [-0.2, -0.15) is 0 Å². The molecule has 2 rings (SSSR count). The largest absolute Gasteiger partial charge is 0.497 e. The number of aryl methyl sites for hydroxylation is 2. The number of ether oxygens (including phenoxy) is 1. The first-order chi connectivity index (χ1) is 8.15. The van der Waals surface area contributed by atoms with Gasteiger partial charge < -0.3 is 15.5 Å². The molecule has 0 unspecified atom stereocenters. The first kappa shape index (κ1) is 11.7. The van der Waals surface area contributed by atoms with Crippen molar-refractivity contribution in [2.24, 2.45) is 5.73 Å². The average molecular weight is 231 g/mol. The Hall–Kier alpha value is -1.81. The van der Waals surface area contributed by atoms with Gasteiger partial charge in [-0.3, -0.25) is 0 Å². The number of nitrogens with zero attached hydrogens (tertiary/aromatic N) is 1. The van der Waals surface area contributed by atoms with E-state index in [1.54, 1.807) is 7.11 Å². The quantitative estimate of drug-likeness (QED) is 0.850. The zero-order valence-corrected chi connectivity index (χ0v) is 10.4. The number of benzene rings is 1. The molecule has 0 radical (unpaired) electrons. The number of methoxy groups -OCH3 is 1. The van der Waals surface area contributed by atoms with E-state index in [4.69, 9.17) is 10.5 Å². The molecule has 0 aliphatic carbocycles. The van der Waals surface area contributed by atoms with Crippen LogP contribution in [0.3, 0.4) is 0 Å². The summed E-state index contributed by atoms with van der Waals surface area (Å²) >= 11 is 0. The highest BCUT2D eigenvalue weighted by atomic mass is 16.5. The highest BCUT2D eigenvalue weighted by Gasteiger charge is 2.10. The summed E-state index contributed by atoms with van der Waals surface area (Å²) < 4.78 is 5.25. The van der Waals surface area contributed by atoms with Crippen molar-refractivity contribution in [1.82, 2.24) is 9.97 Å². The fourth-order valence-corrected chi connectivity index (χ4v) is 2.06. The van der Waals surface area contributed by atoms with E-state index in [9.17, 15) is 0 Å². The van der Waals surface area contributed by atoms with Crippen molar-refractivity contribution in [3.63, 3.8) is 0 Å². The number of imidazole rings is 1. The zero-order chi connectivity index (χ0) is 12.4. The van der Waals surface area contributed by atoms with Crippen molar-refractivity contribution in [3.05, 3.63) is 35.3 Å². The predicted octanol–water partition coefficient (Wildman–Crippen LogP) is 2.16. The van der Waals surface area contributed by atoms with Crippen LogP contribution >= 0.6 is 0 Å². The minimum absolute atomic E-state index is 0.425. The molecule has 0 saturated heterocycles. The van der Waals surface area contributed by atoms with Gasteiger partial charge in [0, 0.05) is 5.56 Å². The van der Waals surface area contributed by atoms with Crippen LogP contribution in [0.4, 0.5) is 0 Å². The predicted molar refractivity (Wildman–Crippen MR) is 67.9 cm³/mol. The molecule has 17 heavy (non-hydrogen) atoms. The van der Waals surface area contributed by atoms with Gasteiger partial charge in [-0.25, -0.2) is 4.98 Å². The van der Waals surface area contributed by atoms with Crippen molar-refractivity contribution in [2.75, 3.05) is 7.11 Å². The number of nitrogens with one attached hydrogen (secondary N) is 1. The molecule has 0 aliphatic rings. The number of hydrogen-bond acceptors (Lipinski definition) is 3. The Morgan fingerprint density at radius 2 is 1.94 bits per heavy atom. The summed E-state index contributed by atoms with van der Waals surface area (Å²) in [6, 6.07) is 4.04. The fraction of sp³-hybridized carbons (Fsp3) is 0.308. The Labute approximate surface area is 101 Å². The standard InChI is InChI=1S/C13H17N3O/c1-8-4-10(17-3)5-9(2)13(8)11-7-15-12(6-14)16-11/h4-5,7H,6,14H2,1-3H3,(H,15,16). The highest BCUT2D eigenvalue weighted by Crippen LogP contribution is 2.29. The fourth-order valence-electron chi connectivity index (χ4n) is 2.06. The molecular formula is C13H17N3O. The van der Waals surface area contributed by atoms with Crippen LogP contribution in [-0.4, -0.2) is 17.1 Å². The SMILES string of the molecule is COc1cc(C)c(-c2cnc(CN)[nH]2)c(C)c1. The number of aromatic amines is 1. The number of rotatable bonds is 3. The van der Waals surface area contributed by atoms with Gasteiger partial charge in [-0.1, -0.05) is 0 Å². The molecular weight excluding hydrogens is 214 g/mol. The van der Waals surface area contributed by atoms with Crippen LogP contribution in [0.5, 0.6) is 5.75 Å². The van der Waals surface area contributed by atoms with E-state index in [1.807, 2.05) is 18.3 Å². The third kappa shape index (κ3) is 2.17. The summed E-state index contributed by atoms with van der Waals surface area (Å²) in [6.07, 6.45) is 1.82. The molecule has 0 fully saturated rings.